The number of ether oxygens (including phenoxy) is 1. The van der Waals surface area contributed by atoms with Crippen LogP contribution in [0.1, 0.15) is 119 Å². The third-order valence-electron chi connectivity index (χ3n) is 9.62. The average molecular weight is 510 g/mol. The molecule has 4 aliphatic carbocycles. The zero-order valence-corrected chi connectivity index (χ0v) is 22.3. The molecule has 6 heteroatoms. The predicted octanol–water partition coefficient (Wildman–Crippen LogP) is 7.43. The summed E-state index contributed by atoms with van der Waals surface area (Å²) in [5.74, 6) is 0.953. The topological polar surface area (TPSA) is 68.1 Å². The molecule has 1 aliphatic heterocycles. The molecule has 1 atom stereocenters. The van der Waals surface area contributed by atoms with Crippen molar-refractivity contribution < 1.29 is 23.9 Å². The van der Waals surface area contributed by atoms with Crippen molar-refractivity contribution in [3.63, 3.8) is 0 Å². The highest BCUT2D eigenvalue weighted by atomic mass is 19.1. The smallest absolute Gasteiger partial charge is 0.309 e. The van der Waals surface area contributed by atoms with Crippen LogP contribution in [0, 0.1) is 17.2 Å². The summed E-state index contributed by atoms with van der Waals surface area (Å²) in [5, 5.41) is 14.1. The average Bonchev–Trinajstić information content (AvgIpc) is 3.82. The van der Waals surface area contributed by atoms with Crippen molar-refractivity contribution >= 4 is 11.7 Å². The van der Waals surface area contributed by atoms with E-state index in [0.717, 1.165) is 74.6 Å². The van der Waals surface area contributed by atoms with Gasteiger partial charge in [-0.1, -0.05) is 22.9 Å². The van der Waals surface area contributed by atoms with Gasteiger partial charge in [-0.2, -0.15) is 0 Å². The summed E-state index contributed by atoms with van der Waals surface area (Å²) in [5.41, 5.74) is 4.81. The molecule has 3 fully saturated rings. The Bertz CT molecular complexity index is 1140. The van der Waals surface area contributed by atoms with E-state index in [0.29, 0.717) is 43.0 Å². The molecule has 1 spiro atoms. The molecule has 0 amide bonds. The van der Waals surface area contributed by atoms with Crippen molar-refractivity contribution in [2.45, 2.75) is 115 Å². The third-order valence-corrected chi connectivity index (χ3v) is 9.62. The van der Waals surface area contributed by atoms with Gasteiger partial charge in [-0.3, -0.25) is 4.79 Å². The van der Waals surface area contributed by atoms with Gasteiger partial charge >= 0.3 is 5.97 Å². The minimum atomic E-state index is -0.685. The summed E-state index contributed by atoms with van der Waals surface area (Å²) in [7, 11) is 0. The number of carbonyl (C=O) groups is 1. The van der Waals surface area contributed by atoms with E-state index in [9.17, 15) is 9.90 Å². The first-order valence-electron chi connectivity index (χ1n) is 14.4. The summed E-state index contributed by atoms with van der Waals surface area (Å²) in [6.45, 7) is 4.27. The van der Waals surface area contributed by atoms with Gasteiger partial charge in [-0.25, -0.2) is 4.39 Å². The highest BCUT2D eigenvalue weighted by Gasteiger charge is 2.46. The van der Waals surface area contributed by atoms with Crippen LogP contribution in [0.15, 0.2) is 22.9 Å². The molecule has 37 heavy (non-hydrogen) atoms. The van der Waals surface area contributed by atoms with Crippen LogP contribution >= 0.6 is 0 Å². The third kappa shape index (κ3) is 4.81. The van der Waals surface area contributed by atoms with Crippen molar-refractivity contribution in [2.75, 3.05) is 6.61 Å². The number of rotatable bonds is 9. The van der Waals surface area contributed by atoms with E-state index in [1.165, 1.54) is 24.0 Å². The summed E-state index contributed by atoms with van der Waals surface area (Å²) in [4.78, 5) is 17.7. The van der Waals surface area contributed by atoms with Crippen LogP contribution < -0.4 is 4.74 Å². The van der Waals surface area contributed by atoms with Crippen molar-refractivity contribution in [3.05, 3.63) is 40.2 Å². The zero-order valence-electron chi connectivity index (χ0n) is 22.3. The normalized spacial score (nSPS) is 31.3. The Morgan fingerprint density at radius 2 is 1.84 bits per heavy atom. The van der Waals surface area contributed by atoms with Gasteiger partial charge in [0, 0.05) is 25.2 Å². The number of benzene rings is 1. The molecular weight excluding hydrogens is 469 g/mol. The highest BCUT2D eigenvalue weighted by Crippen LogP contribution is 2.53. The molecule has 6 rings (SSSR count). The Kier molecular flexibility index (Phi) is 6.35. The van der Waals surface area contributed by atoms with E-state index < -0.39 is 11.4 Å². The maximum absolute atomic E-state index is 15.7. The highest BCUT2D eigenvalue weighted by molar-refractivity contribution is 5.89. The number of aliphatic carboxylic acids is 1. The summed E-state index contributed by atoms with van der Waals surface area (Å²) >= 11 is 0. The molecule has 0 bridgehead atoms. The van der Waals surface area contributed by atoms with E-state index >= 15 is 4.39 Å². The first-order chi connectivity index (χ1) is 17.8. The van der Waals surface area contributed by atoms with Crippen LogP contribution in [0.25, 0.3) is 0 Å². The maximum Gasteiger partial charge on any atom is 0.309 e. The van der Waals surface area contributed by atoms with Crippen molar-refractivity contribution in [1.29, 1.82) is 0 Å². The second kappa shape index (κ2) is 9.43. The lowest BCUT2D eigenvalue weighted by Crippen LogP contribution is -2.35. The molecule has 0 saturated heterocycles. The molecule has 200 valence electrons. The van der Waals surface area contributed by atoms with Crippen LogP contribution in [-0.2, 0) is 16.1 Å². The van der Waals surface area contributed by atoms with Gasteiger partial charge in [0.15, 0.2) is 11.6 Å². The van der Waals surface area contributed by atoms with Gasteiger partial charge < -0.3 is 14.7 Å². The minimum Gasteiger partial charge on any atom is -0.491 e. The van der Waals surface area contributed by atoms with E-state index in [1.807, 2.05) is 13.8 Å². The second-order valence-electron chi connectivity index (χ2n) is 12.6. The van der Waals surface area contributed by atoms with Crippen molar-refractivity contribution in [3.8, 4) is 5.75 Å². The monoisotopic (exact) mass is 509 g/mol. The van der Waals surface area contributed by atoms with Crippen molar-refractivity contribution in [2.24, 2.45) is 16.5 Å². The van der Waals surface area contributed by atoms with E-state index in [4.69, 9.17) is 9.57 Å². The van der Waals surface area contributed by atoms with Crippen LogP contribution in [0.4, 0.5) is 4.39 Å². The van der Waals surface area contributed by atoms with E-state index in [2.05, 4.69) is 17.3 Å². The fraction of sp³-hybridized carbons (Fsp3) is 0.677. The molecule has 1 aromatic carbocycles. The lowest BCUT2D eigenvalue weighted by Gasteiger charge is -2.33. The number of hydrogen-bond donors (Lipinski definition) is 1. The fourth-order valence-electron chi connectivity index (χ4n) is 6.88. The first kappa shape index (κ1) is 24.9. The quantitative estimate of drug-likeness (QED) is 0.352. The lowest BCUT2D eigenvalue weighted by molar-refractivity contribution is -0.150. The fourth-order valence-corrected chi connectivity index (χ4v) is 6.88. The Morgan fingerprint density at radius 1 is 1.11 bits per heavy atom. The van der Waals surface area contributed by atoms with Gasteiger partial charge in [-0.05, 0) is 107 Å². The van der Waals surface area contributed by atoms with Gasteiger partial charge in [0.1, 0.15) is 5.60 Å². The number of nitrogens with zero attached hydrogens (tertiary/aromatic N) is 1. The summed E-state index contributed by atoms with van der Waals surface area (Å²) in [6.07, 6.45) is 14.2. The molecule has 0 aromatic heterocycles. The molecule has 1 N–H and O–H groups in total. The number of oxime groups is 1. The molecule has 1 unspecified atom stereocenters. The van der Waals surface area contributed by atoms with Gasteiger partial charge in [0.05, 0.1) is 17.7 Å². The number of carboxylic acid groups (broad SMARTS) is 1. The second-order valence-corrected chi connectivity index (χ2v) is 12.6. The van der Waals surface area contributed by atoms with Crippen molar-refractivity contribution in [1.82, 2.24) is 0 Å². The molecule has 3 saturated carbocycles. The Hall–Kier alpha value is -2.37. The van der Waals surface area contributed by atoms with Crippen LogP contribution in [0.3, 0.4) is 0 Å². The van der Waals surface area contributed by atoms with E-state index in [1.54, 1.807) is 0 Å². The predicted molar refractivity (Wildman–Crippen MR) is 141 cm³/mol. The Labute approximate surface area is 219 Å². The van der Waals surface area contributed by atoms with Gasteiger partial charge in [0.2, 0.25) is 0 Å². The van der Waals surface area contributed by atoms with Gasteiger partial charge in [0.25, 0.3) is 0 Å². The maximum atomic E-state index is 15.7. The van der Waals surface area contributed by atoms with Crippen LogP contribution in [0.5, 0.6) is 5.75 Å². The number of aryl methyl sites for hydroxylation is 1. The van der Waals surface area contributed by atoms with Crippen LogP contribution in [-0.4, -0.2) is 29.0 Å². The zero-order chi connectivity index (χ0) is 25.8. The molecule has 5 aliphatic rings. The van der Waals surface area contributed by atoms with E-state index in [-0.39, 0.29) is 11.4 Å². The molecule has 1 heterocycles. The number of carboxylic acids is 1. The van der Waals surface area contributed by atoms with Crippen LogP contribution in [0.2, 0.25) is 0 Å². The molecule has 5 nitrogen and oxygen atoms in total. The SMILES string of the molecule is CCOc1c(CCC2=CCC3(C2)CC(C2CCC(C)(C(=O)O)CC2)=NO3)cc(C2CC2)c(C2CC2)c1F. The first-order valence-corrected chi connectivity index (χ1v) is 14.4. The Morgan fingerprint density at radius 3 is 2.49 bits per heavy atom. The van der Waals surface area contributed by atoms with Gasteiger partial charge in [-0.15, -0.1) is 0 Å². The molecular formula is C31H40FNO4. The minimum absolute atomic E-state index is 0.0933. The lowest BCUT2D eigenvalue weighted by atomic mass is 9.69. The number of halogens is 1. The standard InChI is InChI=1S/C31H40FNO4/c1-3-36-28-23(16-24(20-6-7-20)26(27(28)32)22-8-9-22)5-4-19-10-15-31(17-19)18-25(33-37-31)21-11-13-30(2,14-12-21)29(34)35/h10,16,20-22H,3-9,11-15,17-18H2,1-2H3,(H,34,35). The summed E-state index contributed by atoms with van der Waals surface area (Å²) in [6, 6.07) is 2.27. The Balaban J connectivity index is 1.09. The number of hydrogen-bond acceptors (Lipinski definition) is 4. The largest absolute Gasteiger partial charge is 0.491 e. The molecule has 0 radical (unpaired) electrons. The summed E-state index contributed by atoms with van der Waals surface area (Å²) < 4.78 is 21.6. The molecule has 1 aromatic rings.